The summed E-state index contributed by atoms with van der Waals surface area (Å²) in [5.74, 6) is -0.121. The smallest absolute Gasteiger partial charge is 0.271 e. The van der Waals surface area contributed by atoms with Crippen molar-refractivity contribution < 1.29 is 9.90 Å². The van der Waals surface area contributed by atoms with Crippen molar-refractivity contribution >= 4 is 18.3 Å². The number of piperidine rings is 1. The van der Waals surface area contributed by atoms with Gasteiger partial charge in [0, 0.05) is 25.9 Å². The van der Waals surface area contributed by atoms with Crippen molar-refractivity contribution in [3.63, 3.8) is 0 Å². The van der Waals surface area contributed by atoms with Gasteiger partial charge in [-0.05, 0) is 43.7 Å². The van der Waals surface area contributed by atoms with Gasteiger partial charge in [-0.2, -0.15) is 5.10 Å². The normalized spacial score (nSPS) is 18.3. The van der Waals surface area contributed by atoms with Gasteiger partial charge in [0.2, 0.25) is 0 Å². The SMILES string of the molecule is CC(C)(CO)CCCNC(=O)c1ccn(C2CCCNC2)n1.Cl. The van der Waals surface area contributed by atoms with Gasteiger partial charge in [0.1, 0.15) is 5.69 Å². The summed E-state index contributed by atoms with van der Waals surface area (Å²) < 4.78 is 1.90. The Morgan fingerprint density at radius 1 is 1.57 bits per heavy atom. The average Bonchev–Trinajstić information content (AvgIpc) is 3.02. The number of nitrogens with zero attached hydrogens (tertiary/aromatic N) is 2. The lowest BCUT2D eigenvalue weighted by Crippen LogP contribution is -2.32. The highest BCUT2D eigenvalue weighted by molar-refractivity contribution is 5.92. The molecule has 0 saturated carbocycles. The first-order valence-electron chi connectivity index (χ1n) is 8.17. The summed E-state index contributed by atoms with van der Waals surface area (Å²) in [7, 11) is 0. The second kappa shape index (κ2) is 9.25. The van der Waals surface area contributed by atoms with E-state index in [1.54, 1.807) is 6.07 Å². The molecule has 0 spiro atoms. The van der Waals surface area contributed by atoms with Crippen LogP contribution in [0.1, 0.15) is 56.1 Å². The van der Waals surface area contributed by atoms with Gasteiger partial charge < -0.3 is 15.7 Å². The molecule has 1 aliphatic rings. The van der Waals surface area contributed by atoms with E-state index in [1.165, 1.54) is 0 Å². The number of aliphatic hydroxyl groups excluding tert-OH is 1. The van der Waals surface area contributed by atoms with E-state index < -0.39 is 0 Å². The number of hydrogen-bond donors (Lipinski definition) is 3. The highest BCUT2D eigenvalue weighted by Crippen LogP contribution is 2.20. The largest absolute Gasteiger partial charge is 0.396 e. The molecule has 1 fully saturated rings. The Bertz CT molecular complexity index is 484. The van der Waals surface area contributed by atoms with E-state index in [9.17, 15) is 9.90 Å². The molecule has 1 saturated heterocycles. The number of aromatic nitrogens is 2. The van der Waals surface area contributed by atoms with Crippen LogP contribution in [-0.2, 0) is 0 Å². The molecule has 1 atom stereocenters. The monoisotopic (exact) mass is 344 g/mol. The lowest BCUT2D eigenvalue weighted by molar-refractivity contribution is 0.0942. The topological polar surface area (TPSA) is 79.2 Å². The van der Waals surface area contributed by atoms with Crippen molar-refractivity contribution in [1.29, 1.82) is 0 Å². The second-order valence-corrected chi connectivity index (χ2v) is 6.86. The molecule has 0 aromatic carbocycles. The Morgan fingerprint density at radius 2 is 2.35 bits per heavy atom. The van der Waals surface area contributed by atoms with Crippen LogP contribution < -0.4 is 10.6 Å². The number of halogens is 1. The zero-order chi connectivity index (χ0) is 16.0. The van der Waals surface area contributed by atoms with E-state index >= 15 is 0 Å². The minimum Gasteiger partial charge on any atom is -0.396 e. The third-order valence-corrected chi connectivity index (χ3v) is 4.23. The highest BCUT2D eigenvalue weighted by Gasteiger charge is 2.18. The third kappa shape index (κ3) is 6.12. The Kier molecular flexibility index (Phi) is 8.02. The number of carbonyl (C=O) groups excluding carboxylic acids is 1. The van der Waals surface area contributed by atoms with Gasteiger partial charge in [-0.25, -0.2) is 0 Å². The zero-order valence-electron chi connectivity index (χ0n) is 14.0. The average molecular weight is 345 g/mol. The van der Waals surface area contributed by atoms with E-state index in [2.05, 4.69) is 15.7 Å². The molecule has 2 heterocycles. The van der Waals surface area contributed by atoms with Crippen LogP contribution in [0.4, 0.5) is 0 Å². The fourth-order valence-corrected chi connectivity index (χ4v) is 2.66. The van der Waals surface area contributed by atoms with Crippen molar-refractivity contribution in [3.05, 3.63) is 18.0 Å². The zero-order valence-corrected chi connectivity index (χ0v) is 14.9. The molecule has 0 aliphatic carbocycles. The predicted molar refractivity (Wildman–Crippen MR) is 93.0 cm³/mol. The molecule has 23 heavy (non-hydrogen) atoms. The molecule has 0 radical (unpaired) electrons. The Balaban J connectivity index is 0.00000264. The van der Waals surface area contributed by atoms with Gasteiger partial charge in [0.05, 0.1) is 6.04 Å². The summed E-state index contributed by atoms with van der Waals surface area (Å²) in [4.78, 5) is 12.1. The fourth-order valence-electron chi connectivity index (χ4n) is 2.66. The third-order valence-electron chi connectivity index (χ3n) is 4.23. The number of aliphatic hydroxyl groups is 1. The van der Waals surface area contributed by atoms with Crippen LogP contribution in [0.15, 0.2) is 12.3 Å². The number of rotatable bonds is 7. The van der Waals surface area contributed by atoms with Crippen molar-refractivity contribution in [2.75, 3.05) is 26.2 Å². The second-order valence-electron chi connectivity index (χ2n) is 6.86. The molecule has 1 amide bonds. The van der Waals surface area contributed by atoms with E-state index in [0.717, 1.165) is 38.8 Å². The van der Waals surface area contributed by atoms with Gasteiger partial charge in [-0.15, -0.1) is 12.4 Å². The van der Waals surface area contributed by atoms with Gasteiger partial charge >= 0.3 is 0 Å². The summed E-state index contributed by atoms with van der Waals surface area (Å²) in [5.41, 5.74) is 0.396. The molecule has 3 N–H and O–H groups in total. The van der Waals surface area contributed by atoms with Crippen LogP contribution in [0.2, 0.25) is 0 Å². The molecule has 1 aromatic rings. The maximum absolute atomic E-state index is 12.1. The Labute approximate surface area is 144 Å². The van der Waals surface area contributed by atoms with Crippen LogP contribution in [-0.4, -0.2) is 47.0 Å². The summed E-state index contributed by atoms with van der Waals surface area (Å²) in [5, 5.41) is 19.9. The van der Waals surface area contributed by atoms with Crippen LogP contribution in [0.3, 0.4) is 0 Å². The molecule has 0 bridgehead atoms. The molecule has 1 aliphatic heterocycles. The van der Waals surface area contributed by atoms with Crippen LogP contribution >= 0.6 is 12.4 Å². The lowest BCUT2D eigenvalue weighted by Gasteiger charge is -2.22. The van der Waals surface area contributed by atoms with Gasteiger partial charge in [0.25, 0.3) is 5.91 Å². The molecular formula is C16H29ClN4O2. The van der Waals surface area contributed by atoms with Crippen LogP contribution in [0, 0.1) is 5.41 Å². The molecule has 132 valence electrons. The van der Waals surface area contributed by atoms with Gasteiger partial charge in [-0.1, -0.05) is 13.8 Å². The molecule has 1 unspecified atom stereocenters. The quantitative estimate of drug-likeness (QED) is 0.658. The van der Waals surface area contributed by atoms with Crippen molar-refractivity contribution in [2.24, 2.45) is 5.41 Å². The summed E-state index contributed by atoms with van der Waals surface area (Å²) in [6.07, 6.45) is 5.87. The van der Waals surface area contributed by atoms with Crippen LogP contribution in [0.5, 0.6) is 0 Å². The Hall–Kier alpha value is -1.11. The highest BCUT2D eigenvalue weighted by atomic mass is 35.5. The van der Waals surface area contributed by atoms with Gasteiger partial charge in [-0.3, -0.25) is 9.48 Å². The number of nitrogens with one attached hydrogen (secondary N) is 2. The number of carbonyl (C=O) groups is 1. The molecule has 6 nitrogen and oxygen atoms in total. The van der Waals surface area contributed by atoms with Crippen molar-refractivity contribution in [1.82, 2.24) is 20.4 Å². The van der Waals surface area contributed by atoms with Crippen LogP contribution in [0.25, 0.3) is 0 Å². The van der Waals surface area contributed by atoms with Crippen molar-refractivity contribution in [2.45, 2.75) is 45.6 Å². The minimum absolute atomic E-state index is 0. The number of hydrogen-bond acceptors (Lipinski definition) is 4. The van der Waals surface area contributed by atoms with E-state index in [4.69, 9.17) is 0 Å². The first-order valence-corrected chi connectivity index (χ1v) is 8.17. The molecule has 1 aromatic heterocycles. The van der Waals surface area contributed by atoms with E-state index in [0.29, 0.717) is 18.3 Å². The summed E-state index contributed by atoms with van der Waals surface area (Å²) >= 11 is 0. The molecular weight excluding hydrogens is 316 g/mol. The maximum Gasteiger partial charge on any atom is 0.271 e. The maximum atomic E-state index is 12.1. The fraction of sp³-hybridized carbons (Fsp3) is 0.750. The summed E-state index contributed by atoms with van der Waals surface area (Å²) in [6, 6.07) is 2.13. The summed E-state index contributed by atoms with van der Waals surface area (Å²) in [6.45, 7) is 6.80. The van der Waals surface area contributed by atoms with Crippen molar-refractivity contribution in [3.8, 4) is 0 Å². The lowest BCUT2D eigenvalue weighted by atomic mass is 9.89. The van der Waals surface area contributed by atoms with Gasteiger partial charge in [0.15, 0.2) is 0 Å². The molecule has 2 rings (SSSR count). The van der Waals surface area contributed by atoms with E-state index in [1.807, 2.05) is 24.7 Å². The standard InChI is InChI=1S/C16H28N4O2.ClH/c1-16(2,12-21)7-4-9-18-15(22)14-6-10-20(19-14)13-5-3-8-17-11-13;/h6,10,13,17,21H,3-5,7-9,11-12H2,1-2H3,(H,18,22);1H. The first-order chi connectivity index (χ1) is 10.5. The minimum atomic E-state index is -0.121. The molecule has 7 heteroatoms. The number of amides is 1. The predicted octanol–water partition coefficient (Wildman–Crippen LogP) is 1.76. The first kappa shape index (κ1) is 19.9. The Morgan fingerprint density at radius 3 is 3.00 bits per heavy atom. The van der Waals surface area contributed by atoms with E-state index in [-0.39, 0.29) is 30.3 Å².